The number of fused-ring (bicyclic) bond motifs is 6. The Morgan fingerprint density at radius 2 is 1.07 bits per heavy atom. The van der Waals surface area contributed by atoms with E-state index in [9.17, 15) is 0 Å². The lowest BCUT2D eigenvalue weighted by atomic mass is 9.99. The molecule has 0 bridgehead atoms. The first-order chi connectivity index (χ1) is 21.8. The second-order valence-corrected chi connectivity index (χ2v) is 11.0. The van der Waals surface area contributed by atoms with Gasteiger partial charge in [-0.2, -0.15) is 0 Å². The third-order valence-electron chi connectivity index (χ3n) is 8.36. The van der Waals surface area contributed by atoms with Crippen molar-refractivity contribution in [2.45, 2.75) is 6.17 Å². The molecule has 2 aromatic heterocycles. The molecule has 1 N–H and O–H groups in total. The van der Waals surface area contributed by atoms with Gasteiger partial charge in [-0.1, -0.05) is 121 Å². The van der Waals surface area contributed by atoms with E-state index in [1.165, 1.54) is 0 Å². The van der Waals surface area contributed by atoms with Crippen LogP contribution in [0.1, 0.15) is 22.9 Å². The Kier molecular flexibility index (Phi) is 5.50. The van der Waals surface area contributed by atoms with Gasteiger partial charge in [-0.15, -0.1) is 0 Å². The molecule has 6 aromatic carbocycles. The lowest BCUT2D eigenvalue weighted by molar-refractivity contribution is 0.667. The highest BCUT2D eigenvalue weighted by molar-refractivity contribution is 6.24. The standard InChI is InChI=1S/C39H25N3O2/c1-3-12-24(13-4-1)26-17-9-18-28-35-30(20-11-23-33(35)44-36(26)28)39-41-37(25-14-5-2-6-15-25)40-38(42-39)29-19-10-22-32-34(29)27-16-7-8-21-31(27)43-32/h1-23,38H,(H,40,41,42). The van der Waals surface area contributed by atoms with Gasteiger partial charge in [0.1, 0.15) is 34.0 Å². The Bertz CT molecular complexity index is 2420. The number of nitrogens with one attached hydrogen (secondary N) is 1. The lowest BCUT2D eigenvalue weighted by Crippen LogP contribution is -2.36. The first-order valence-electron chi connectivity index (χ1n) is 14.7. The van der Waals surface area contributed by atoms with Gasteiger partial charge in [0.15, 0.2) is 6.17 Å². The second-order valence-electron chi connectivity index (χ2n) is 11.0. The van der Waals surface area contributed by atoms with Crippen molar-refractivity contribution in [3.63, 3.8) is 0 Å². The van der Waals surface area contributed by atoms with Gasteiger partial charge in [0.25, 0.3) is 0 Å². The van der Waals surface area contributed by atoms with Crippen molar-refractivity contribution in [3.05, 3.63) is 156 Å². The van der Waals surface area contributed by atoms with Crippen molar-refractivity contribution >= 4 is 55.5 Å². The minimum atomic E-state index is -0.487. The van der Waals surface area contributed by atoms with Crippen LogP contribution in [0, 0.1) is 0 Å². The first-order valence-corrected chi connectivity index (χ1v) is 14.7. The van der Waals surface area contributed by atoms with Crippen LogP contribution in [0.2, 0.25) is 0 Å². The predicted octanol–water partition coefficient (Wildman–Crippen LogP) is 9.65. The third kappa shape index (κ3) is 3.87. The van der Waals surface area contributed by atoms with Gasteiger partial charge in [-0.25, -0.2) is 9.98 Å². The molecule has 0 fully saturated rings. The molecule has 0 amide bonds. The van der Waals surface area contributed by atoms with Crippen molar-refractivity contribution in [1.29, 1.82) is 0 Å². The first kappa shape index (κ1) is 24.6. The average molecular weight is 568 g/mol. The Labute approximate surface area is 252 Å². The van der Waals surface area contributed by atoms with Crippen molar-refractivity contribution in [2.75, 3.05) is 0 Å². The SMILES string of the molecule is c1ccc(C2=NC(c3cccc4oc5ccccc5c34)N=C(c3cccc4oc5c(-c6ccccc6)cccc5c34)N2)cc1. The van der Waals surface area contributed by atoms with E-state index in [2.05, 4.69) is 78.1 Å². The summed E-state index contributed by atoms with van der Waals surface area (Å²) in [5.41, 5.74) is 8.48. The molecule has 0 aliphatic carbocycles. The smallest absolute Gasteiger partial charge is 0.170 e. The quantitative estimate of drug-likeness (QED) is 0.230. The van der Waals surface area contributed by atoms with Crippen LogP contribution in [0.25, 0.3) is 55.0 Å². The molecule has 5 heteroatoms. The summed E-state index contributed by atoms with van der Waals surface area (Å²) in [6.07, 6.45) is -0.487. The van der Waals surface area contributed by atoms with Crippen molar-refractivity contribution in [3.8, 4) is 11.1 Å². The number of nitrogens with zero attached hydrogens (tertiary/aromatic N) is 2. The molecule has 0 spiro atoms. The molecule has 0 saturated carbocycles. The van der Waals surface area contributed by atoms with Crippen LogP contribution >= 0.6 is 0 Å². The van der Waals surface area contributed by atoms with Gasteiger partial charge in [-0.3, -0.25) is 0 Å². The van der Waals surface area contributed by atoms with Crippen LogP contribution in [0.4, 0.5) is 0 Å². The number of furan rings is 2. The lowest BCUT2D eigenvalue weighted by Gasteiger charge is -2.23. The van der Waals surface area contributed by atoms with Crippen LogP contribution in [-0.2, 0) is 0 Å². The highest BCUT2D eigenvalue weighted by Gasteiger charge is 2.26. The summed E-state index contributed by atoms with van der Waals surface area (Å²) in [5, 5.41) is 7.75. The van der Waals surface area contributed by atoms with E-state index in [4.69, 9.17) is 18.8 Å². The molecule has 1 unspecified atom stereocenters. The summed E-state index contributed by atoms with van der Waals surface area (Å²) >= 11 is 0. The molecule has 0 radical (unpaired) electrons. The third-order valence-corrected chi connectivity index (χ3v) is 8.36. The molecule has 1 aliphatic rings. The molecule has 3 heterocycles. The van der Waals surface area contributed by atoms with Crippen LogP contribution in [0.5, 0.6) is 0 Å². The van der Waals surface area contributed by atoms with Crippen molar-refractivity contribution in [1.82, 2.24) is 5.32 Å². The highest BCUT2D eigenvalue weighted by atomic mass is 16.3. The van der Waals surface area contributed by atoms with E-state index >= 15 is 0 Å². The number of para-hydroxylation sites is 2. The summed E-state index contributed by atoms with van der Waals surface area (Å²) in [6, 6.07) is 47.3. The molecule has 44 heavy (non-hydrogen) atoms. The molecule has 8 aromatic rings. The number of rotatable bonds is 4. The molecule has 1 aliphatic heterocycles. The minimum Gasteiger partial charge on any atom is -0.456 e. The minimum absolute atomic E-state index is 0.487. The molecule has 1 atom stereocenters. The van der Waals surface area contributed by atoms with Crippen LogP contribution in [0.3, 0.4) is 0 Å². The fraction of sp³-hybridized carbons (Fsp3) is 0.0256. The topological polar surface area (TPSA) is 63.0 Å². The average Bonchev–Trinajstić information content (AvgIpc) is 3.67. The fourth-order valence-corrected chi connectivity index (χ4v) is 6.38. The van der Waals surface area contributed by atoms with E-state index < -0.39 is 6.17 Å². The van der Waals surface area contributed by atoms with Gasteiger partial charge in [-0.05, 0) is 23.8 Å². The van der Waals surface area contributed by atoms with Gasteiger partial charge in [0.05, 0.1) is 0 Å². The van der Waals surface area contributed by atoms with Gasteiger partial charge in [0.2, 0.25) is 0 Å². The molecular weight excluding hydrogens is 542 g/mol. The number of amidine groups is 2. The summed E-state index contributed by atoms with van der Waals surface area (Å²) in [7, 11) is 0. The van der Waals surface area contributed by atoms with E-state index in [0.717, 1.165) is 83.4 Å². The predicted molar refractivity (Wildman–Crippen MR) is 178 cm³/mol. The largest absolute Gasteiger partial charge is 0.456 e. The van der Waals surface area contributed by atoms with Crippen LogP contribution in [-0.4, -0.2) is 11.7 Å². The van der Waals surface area contributed by atoms with E-state index in [0.29, 0.717) is 0 Å². The molecule has 0 saturated heterocycles. The Morgan fingerprint density at radius 1 is 0.455 bits per heavy atom. The summed E-state index contributed by atoms with van der Waals surface area (Å²) in [6.45, 7) is 0. The highest BCUT2D eigenvalue weighted by Crippen LogP contribution is 2.40. The number of hydrogen-bond donors (Lipinski definition) is 1. The summed E-state index contributed by atoms with van der Waals surface area (Å²) < 4.78 is 12.8. The monoisotopic (exact) mass is 567 g/mol. The molecule has 208 valence electrons. The fourth-order valence-electron chi connectivity index (χ4n) is 6.38. The number of aliphatic imine (C=N–C) groups is 2. The Hall–Kier alpha value is -5.94. The van der Waals surface area contributed by atoms with Crippen LogP contribution in [0.15, 0.2) is 158 Å². The second kappa shape index (κ2) is 9.82. The van der Waals surface area contributed by atoms with Gasteiger partial charge in [0, 0.05) is 43.8 Å². The maximum absolute atomic E-state index is 6.56. The zero-order chi connectivity index (χ0) is 29.0. The number of hydrogen-bond acceptors (Lipinski definition) is 5. The van der Waals surface area contributed by atoms with Crippen molar-refractivity contribution < 1.29 is 8.83 Å². The van der Waals surface area contributed by atoms with Gasteiger partial charge >= 0.3 is 0 Å². The normalized spacial score (nSPS) is 15.0. The summed E-state index contributed by atoms with van der Waals surface area (Å²) in [5.74, 6) is 1.51. The zero-order valence-corrected chi connectivity index (χ0v) is 23.6. The van der Waals surface area contributed by atoms with E-state index in [1.54, 1.807) is 0 Å². The maximum Gasteiger partial charge on any atom is 0.170 e. The van der Waals surface area contributed by atoms with Crippen LogP contribution < -0.4 is 5.32 Å². The summed E-state index contributed by atoms with van der Waals surface area (Å²) in [4.78, 5) is 10.5. The molecule has 5 nitrogen and oxygen atoms in total. The zero-order valence-electron chi connectivity index (χ0n) is 23.6. The van der Waals surface area contributed by atoms with E-state index in [1.807, 2.05) is 66.7 Å². The Balaban J connectivity index is 1.28. The van der Waals surface area contributed by atoms with Crippen molar-refractivity contribution in [2.24, 2.45) is 9.98 Å². The number of benzene rings is 6. The van der Waals surface area contributed by atoms with E-state index in [-0.39, 0.29) is 0 Å². The molecular formula is C39H25N3O2. The van der Waals surface area contributed by atoms with Gasteiger partial charge < -0.3 is 14.2 Å². The Morgan fingerprint density at radius 3 is 1.91 bits per heavy atom. The maximum atomic E-state index is 6.56. The molecule has 9 rings (SSSR count).